The lowest BCUT2D eigenvalue weighted by Crippen LogP contribution is -2.29. The lowest BCUT2D eigenvalue weighted by atomic mass is 10.1. The SMILES string of the molecule is CCOc1ccc(Br)cc1CN1CCCCC1. The van der Waals surface area contributed by atoms with Gasteiger partial charge in [0.2, 0.25) is 0 Å². The molecule has 94 valence electrons. The maximum atomic E-state index is 5.69. The van der Waals surface area contributed by atoms with E-state index in [-0.39, 0.29) is 0 Å². The summed E-state index contributed by atoms with van der Waals surface area (Å²) in [5, 5.41) is 0. The summed E-state index contributed by atoms with van der Waals surface area (Å²) in [6.45, 7) is 6.21. The molecule has 1 heterocycles. The van der Waals surface area contributed by atoms with Crippen molar-refractivity contribution in [1.29, 1.82) is 0 Å². The second-order valence-corrected chi connectivity index (χ2v) is 5.44. The smallest absolute Gasteiger partial charge is 0.123 e. The molecule has 0 aromatic heterocycles. The third-order valence-electron chi connectivity index (χ3n) is 3.17. The second-order valence-electron chi connectivity index (χ2n) is 4.52. The largest absolute Gasteiger partial charge is 0.494 e. The highest BCUT2D eigenvalue weighted by Crippen LogP contribution is 2.25. The predicted molar refractivity (Wildman–Crippen MR) is 74.4 cm³/mol. The van der Waals surface area contributed by atoms with Gasteiger partial charge in [-0.3, -0.25) is 4.90 Å². The number of piperidine rings is 1. The molecule has 0 amide bonds. The number of hydrogen-bond donors (Lipinski definition) is 0. The van der Waals surface area contributed by atoms with Crippen LogP contribution in [0.5, 0.6) is 5.75 Å². The Morgan fingerprint density at radius 1 is 1.24 bits per heavy atom. The van der Waals surface area contributed by atoms with Gasteiger partial charge >= 0.3 is 0 Å². The molecule has 2 nitrogen and oxygen atoms in total. The topological polar surface area (TPSA) is 12.5 Å². The molecule has 0 spiro atoms. The number of halogens is 1. The normalized spacial score (nSPS) is 17.1. The van der Waals surface area contributed by atoms with E-state index in [1.54, 1.807) is 0 Å². The number of nitrogens with zero attached hydrogens (tertiary/aromatic N) is 1. The Morgan fingerprint density at radius 2 is 2.00 bits per heavy atom. The Kier molecular flexibility index (Phi) is 4.86. The summed E-state index contributed by atoms with van der Waals surface area (Å²) < 4.78 is 6.82. The number of rotatable bonds is 4. The molecule has 1 aromatic rings. The summed E-state index contributed by atoms with van der Waals surface area (Å²) in [6.07, 6.45) is 4.04. The first-order valence-electron chi connectivity index (χ1n) is 6.43. The fourth-order valence-corrected chi connectivity index (χ4v) is 2.73. The molecule has 0 N–H and O–H groups in total. The fourth-order valence-electron chi connectivity index (χ4n) is 2.33. The highest BCUT2D eigenvalue weighted by atomic mass is 79.9. The second kappa shape index (κ2) is 6.41. The molecule has 0 unspecified atom stereocenters. The van der Waals surface area contributed by atoms with Crippen LogP contribution in [0, 0.1) is 0 Å². The van der Waals surface area contributed by atoms with Crippen molar-refractivity contribution in [2.45, 2.75) is 32.7 Å². The zero-order valence-corrected chi connectivity index (χ0v) is 12.0. The van der Waals surface area contributed by atoms with E-state index in [2.05, 4.69) is 33.0 Å². The van der Waals surface area contributed by atoms with E-state index in [9.17, 15) is 0 Å². The zero-order valence-electron chi connectivity index (χ0n) is 10.4. The molecule has 0 saturated carbocycles. The maximum Gasteiger partial charge on any atom is 0.123 e. The van der Waals surface area contributed by atoms with Crippen LogP contribution in [0.15, 0.2) is 22.7 Å². The van der Waals surface area contributed by atoms with Gasteiger partial charge in [-0.15, -0.1) is 0 Å². The molecular weight excluding hydrogens is 278 g/mol. The average Bonchev–Trinajstić information content (AvgIpc) is 2.34. The molecule has 0 radical (unpaired) electrons. The third-order valence-corrected chi connectivity index (χ3v) is 3.66. The third kappa shape index (κ3) is 3.71. The van der Waals surface area contributed by atoms with Gasteiger partial charge in [-0.05, 0) is 51.1 Å². The van der Waals surface area contributed by atoms with Crippen LogP contribution in [-0.4, -0.2) is 24.6 Å². The average molecular weight is 298 g/mol. The van der Waals surface area contributed by atoms with Gasteiger partial charge in [0.15, 0.2) is 0 Å². The van der Waals surface area contributed by atoms with Crippen molar-refractivity contribution in [3.05, 3.63) is 28.2 Å². The summed E-state index contributed by atoms with van der Waals surface area (Å²) in [4.78, 5) is 2.52. The first-order chi connectivity index (χ1) is 8.29. The molecule has 1 fully saturated rings. The minimum Gasteiger partial charge on any atom is -0.494 e. The van der Waals surface area contributed by atoms with Crippen molar-refractivity contribution >= 4 is 15.9 Å². The van der Waals surface area contributed by atoms with Crippen molar-refractivity contribution in [3.63, 3.8) is 0 Å². The maximum absolute atomic E-state index is 5.69. The molecular formula is C14H20BrNO. The van der Waals surface area contributed by atoms with Gasteiger partial charge in [0.1, 0.15) is 5.75 Å². The van der Waals surface area contributed by atoms with Crippen molar-refractivity contribution in [3.8, 4) is 5.75 Å². The van der Waals surface area contributed by atoms with Gasteiger partial charge in [0.25, 0.3) is 0 Å². The Bertz CT molecular complexity index is 361. The van der Waals surface area contributed by atoms with Gasteiger partial charge in [-0.25, -0.2) is 0 Å². The number of ether oxygens (including phenoxy) is 1. The quantitative estimate of drug-likeness (QED) is 0.837. The summed E-state index contributed by atoms with van der Waals surface area (Å²) in [7, 11) is 0. The highest BCUT2D eigenvalue weighted by Gasteiger charge is 2.13. The number of likely N-dealkylation sites (tertiary alicyclic amines) is 1. The van der Waals surface area contributed by atoms with E-state index in [1.807, 2.05) is 13.0 Å². The minimum atomic E-state index is 0.731. The minimum absolute atomic E-state index is 0.731. The molecule has 0 aliphatic carbocycles. The van der Waals surface area contributed by atoms with E-state index in [0.29, 0.717) is 0 Å². The molecule has 0 atom stereocenters. The van der Waals surface area contributed by atoms with Crippen molar-refractivity contribution < 1.29 is 4.74 Å². The summed E-state index contributed by atoms with van der Waals surface area (Å²) in [6, 6.07) is 6.29. The van der Waals surface area contributed by atoms with E-state index in [1.165, 1.54) is 37.9 Å². The van der Waals surface area contributed by atoms with Gasteiger partial charge < -0.3 is 4.74 Å². The summed E-state index contributed by atoms with van der Waals surface area (Å²) in [5.74, 6) is 1.03. The zero-order chi connectivity index (χ0) is 12.1. The first kappa shape index (κ1) is 12.9. The Morgan fingerprint density at radius 3 is 2.71 bits per heavy atom. The lowest BCUT2D eigenvalue weighted by molar-refractivity contribution is 0.216. The number of hydrogen-bond acceptors (Lipinski definition) is 2. The van der Waals surface area contributed by atoms with Gasteiger partial charge in [0.05, 0.1) is 6.61 Å². The van der Waals surface area contributed by atoms with Crippen LogP contribution in [0.2, 0.25) is 0 Å². The van der Waals surface area contributed by atoms with Crippen LogP contribution in [0.1, 0.15) is 31.7 Å². The number of benzene rings is 1. The van der Waals surface area contributed by atoms with Crippen LogP contribution in [-0.2, 0) is 6.54 Å². The summed E-state index contributed by atoms with van der Waals surface area (Å²) >= 11 is 3.54. The standard InChI is InChI=1S/C14H20BrNO/c1-2-17-14-7-6-13(15)10-12(14)11-16-8-4-3-5-9-16/h6-7,10H,2-5,8-9,11H2,1H3. The monoisotopic (exact) mass is 297 g/mol. The van der Waals surface area contributed by atoms with Crippen LogP contribution in [0.4, 0.5) is 0 Å². The molecule has 2 rings (SSSR count). The molecule has 3 heteroatoms. The molecule has 1 aliphatic heterocycles. The van der Waals surface area contributed by atoms with Crippen LogP contribution >= 0.6 is 15.9 Å². The molecule has 0 bridgehead atoms. The lowest BCUT2D eigenvalue weighted by Gasteiger charge is -2.27. The Balaban J connectivity index is 2.08. The van der Waals surface area contributed by atoms with Crippen molar-refractivity contribution in [2.75, 3.05) is 19.7 Å². The van der Waals surface area contributed by atoms with Crippen molar-refractivity contribution in [1.82, 2.24) is 4.90 Å². The van der Waals surface area contributed by atoms with E-state index >= 15 is 0 Å². The van der Waals surface area contributed by atoms with E-state index in [0.717, 1.165) is 23.4 Å². The Hall–Kier alpha value is -0.540. The van der Waals surface area contributed by atoms with Crippen LogP contribution in [0.3, 0.4) is 0 Å². The fraction of sp³-hybridized carbons (Fsp3) is 0.571. The van der Waals surface area contributed by atoms with Gasteiger partial charge in [-0.1, -0.05) is 22.4 Å². The van der Waals surface area contributed by atoms with Crippen molar-refractivity contribution in [2.24, 2.45) is 0 Å². The predicted octanol–water partition coefficient (Wildman–Crippen LogP) is 3.83. The first-order valence-corrected chi connectivity index (χ1v) is 7.22. The molecule has 17 heavy (non-hydrogen) atoms. The molecule has 1 aromatic carbocycles. The molecule has 1 saturated heterocycles. The van der Waals surface area contributed by atoms with E-state index < -0.39 is 0 Å². The Labute approximate surface area is 112 Å². The van der Waals surface area contributed by atoms with Gasteiger partial charge in [0, 0.05) is 16.6 Å². The van der Waals surface area contributed by atoms with E-state index in [4.69, 9.17) is 4.74 Å². The summed E-state index contributed by atoms with van der Waals surface area (Å²) in [5.41, 5.74) is 1.29. The van der Waals surface area contributed by atoms with Crippen LogP contribution in [0.25, 0.3) is 0 Å². The van der Waals surface area contributed by atoms with Crippen LogP contribution < -0.4 is 4.74 Å². The van der Waals surface area contributed by atoms with Gasteiger partial charge in [-0.2, -0.15) is 0 Å². The highest BCUT2D eigenvalue weighted by molar-refractivity contribution is 9.10. The molecule has 1 aliphatic rings.